The van der Waals surface area contributed by atoms with E-state index in [1.54, 1.807) is 6.33 Å². The zero-order valence-electron chi connectivity index (χ0n) is 12.0. The third-order valence-electron chi connectivity index (χ3n) is 3.21. The first-order valence-corrected chi connectivity index (χ1v) is 7.00. The van der Waals surface area contributed by atoms with E-state index in [1.165, 1.54) is 5.56 Å². The number of halogens is 1. The number of aromatic nitrogens is 2. The normalized spacial score (nSPS) is 10.4. The fraction of sp³-hybridized carbons (Fsp3) is 0.333. The van der Waals surface area contributed by atoms with E-state index < -0.39 is 0 Å². The van der Waals surface area contributed by atoms with Gasteiger partial charge in [0.2, 0.25) is 0 Å². The van der Waals surface area contributed by atoms with Crippen LogP contribution in [-0.4, -0.2) is 24.1 Å². The van der Waals surface area contributed by atoms with Crippen LogP contribution in [0.25, 0.3) is 0 Å². The molecule has 5 heteroatoms. The molecular formula is C15H19ClN4. The van der Waals surface area contributed by atoms with Crippen LogP contribution in [0.2, 0.25) is 5.02 Å². The van der Waals surface area contributed by atoms with Crippen LogP contribution in [0.15, 0.2) is 30.6 Å². The van der Waals surface area contributed by atoms with Crippen LogP contribution >= 0.6 is 11.6 Å². The summed E-state index contributed by atoms with van der Waals surface area (Å²) in [6.07, 6.45) is 2.48. The van der Waals surface area contributed by atoms with Crippen molar-refractivity contribution < 1.29 is 0 Å². The zero-order chi connectivity index (χ0) is 14.5. The molecule has 0 radical (unpaired) electrons. The Balaban J connectivity index is 2.24. The molecule has 0 amide bonds. The van der Waals surface area contributed by atoms with E-state index in [1.807, 2.05) is 38.4 Å². The Bertz CT molecular complexity index is 569. The maximum absolute atomic E-state index is 5.91. The van der Waals surface area contributed by atoms with Gasteiger partial charge in [0.1, 0.15) is 18.0 Å². The molecule has 4 nitrogen and oxygen atoms in total. The fourth-order valence-electron chi connectivity index (χ4n) is 2.21. The lowest BCUT2D eigenvalue weighted by molar-refractivity contribution is 0.871. The summed E-state index contributed by atoms with van der Waals surface area (Å²) < 4.78 is 0. The number of nitrogens with one attached hydrogen (secondary N) is 1. The molecule has 20 heavy (non-hydrogen) atoms. The Morgan fingerprint density at radius 3 is 2.50 bits per heavy atom. The van der Waals surface area contributed by atoms with Crippen molar-refractivity contribution in [3.05, 3.63) is 46.7 Å². The molecular weight excluding hydrogens is 272 g/mol. The van der Waals surface area contributed by atoms with Crippen LogP contribution < -0.4 is 10.2 Å². The van der Waals surface area contributed by atoms with Gasteiger partial charge in [-0.2, -0.15) is 0 Å². The average Bonchev–Trinajstić information content (AvgIpc) is 2.48. The van der Waals surface area contributed by atoms with Crippen LogP contribution in [0.3, 0.4) is 0 Å². The van der Waals surface area contributed by atoms with Gasteiger partial charge in [0.25, 0.3) is 0 Å². The third-order valence-corrected chi connectivity index (χ3v) is 3.46. The summed E-state index contributed by atoms with van der Waals surface area (Å²) in [5, 5.41) is 3.87. The summed E-state index contributed by atoms with van der Waals surface area (Å²) in [6.45, 7) is 2.89. The van der Waals surface area contributed by atoms with Gasteiger partial charge >= 0.3 is 0 Å². The van der Waals surface area contributed by atoms with Gasteiger partial charge in [-0.25, -0.2) is 9.97 Å². The minimum Gasteiger partial charge on any atom is -0.373 e. The van der Waals surface area contributed by atoms with Gasteiger partial charge in [-0.05, 0) is 24.1 Å². The van der Waals surface area contributed by atoms with E-state index in [2.05, 4.69) is 27.1 Å². The Labute approximate surface area is 124 Å². The molecule has 0 saturated carbocycles. The van der Waals surface area contributed by atoms with E-state index >= 15 is 0 Å². The first-order chi connectivity index (χ1) is 9.65. The Morgan fingerprint density at radius 2 is 1.90 bits per heavy atom. The molecule has 0 aliphatic heterocycles. The summed E-state index contributed by atoms with van der Waals surface area (Å²) in [4.78, 5) is 10.8. The van der Waals surface area contributed by atoms with Crippen molar-refractivity contribution in [2.24, 2.45) is 0 Å². The Hall–Kier alpha value is -1.81. The van der Waals surface area contributed by atoms with Crippen LogP contribution in [0.1, 0.15) is 18.1 Å². The van der Waals surface area contributed by atoms with Gasteiger partial charge in [-0.3, -0.25) is 0 Å². The highest BCUT2D eigenvalue weighted by atomic mass is 35.5. The minimum absolute atomic E-state index is 0.755. The number of hydrogen-bond acceptors (Lipinski definition) is 4. The maximum atomic E-state index is 5.91. The largest absolute Gasteiger partial charge is 0.373 e. The van der Waals surface area contributed by atoms with E-state index in [0.717, 1.165) is 35.2 Å². The SMILES string of the molecule is CCc1c(NC)ncnc1N(C)Cc1ccc(Cl)cc1. The molecule has 1 aromatic heterocycles. The van der Waals surface area contributed by atoms with Gasteiger partial charge in [0.05, 0.1) is 0 Å². The third kappa shape index (κ3) is 3.20. The highest BCUT2D eigenvalue weighted by molar-refractivity contribution is 6.30. The maximum Gasteiger partial charge on any atom is 0.137 e. The number of rotatable bonds is 5. The molecule has 0 spiro atoms. The molecule has 0 aliphatic rings. The van der Waals surface area contributed by atoms with Crippen molar-refractivity contribution in [3.63, 3.8) is 0 Å². The quantitative estimate of drug-likeness (QED) is 0.917. The predicted molar refractivity (Wildman–Crippen MR) is 84.5 cm³/mol. The molecule has 0 saturated heterocycles. The first-order valence-electron chi connectivity index (χ1n) is 6.63. The van der Waals surface area contributed by atoms with E-state index in [0.29, 0.717) is 0 Å². The summed E-state index contributed by atoms with van der Waals surface area (Å²) in [6, 6.07) is 7.88. The lowest BCUT2D eigenvalue weighted by Crippen LogP contribution is -2.20. The van der Waals surface area contributed by atoms with Crippen LogP contribution in [0.4, 0.5) is 11.6 Å². The summed E-state index contributed by atoms with van der Waals surface area (Å²) in [5.74, 6) is 1.85. The second kappa shape index (κ2) is 6.57. The number of benzene rings is 1. The van der Waals surface area contributed by atoms with E-state index in [9.17, 15) is 0 Å². The predicted octanol–water partition coefficient (Wildman–Crippen LogP) is 3.37. The Kier molecular flexibility index (Phi) is 4.79. The summed E-state index contributed by atoms with van der Waals surface area (Å²) in [7, 11) is 3.92. The number of hydrogen-bond donors (Lipinski definition) is 1. The highest BCUT2D eigenvalue weighted by Gasteiger charge is 2.12. The van der Waals surface area contributed by atoms with Gasteiger partial charge in [-0.15, -0.1) is 0 Å². The second-order valence-electron chi connectivity index (χ2n) is 4.61. The van der Waals surface area contributed by atoms with Crippen molar-refractivity contribution in [2.75, 3.05) is 24.3 Å². The Morgan fingerprint density at radius 1 is 1.20 bits per heavy atom. The molecule has 0 bridgehead atoms. The van der Waals surface area contributed by atoms with Gasteiger partial charge < -0.3 is 10.2 Å². The van der Waals surface area contributed by atoms with Gasteiger partial charge in [0, 0.05) is 31.2 Å². The lowest BCUT2D eigenvalue weighted by atomic mass is 10.1. The highest BCUT2D eigenvalue weighted by Crippen LogP contribution is 2.24. The van der Waals surface area contributed by atoms with Gasteiger partial charge in [-0.1, -0.05) is 30.7 Å². The lowest BCUT2D eigenvalue weighted by Gasteiger charge is -2.22. The molecule has 1 N–H and O–H groups in total. The molecule has 2 rings (SSSR count). The number of anilines is 2. The minimum atomic E-state index is 0.755. The molecule has 0 fully saturated rings. The van der Waals surface area contributed by atoms with Crippen molar-refractivity contribution in [1.82, 2.24) is 9.97 Å². The van der Waals surface area contributed by atoms with E-state index in [4.69, 9.17) is 11.6 Å². The van der Waals surface area contributed by atoms with Crippen LogP contribution in [0.5, 0.6) is 0 Å². The van der Waals surface area contributed by atoms with Crippen LogP contribution in [-0.2, 0) is 13.0 Å². The van der Waals surface area contributed by atoms with E-state index in [-0.39, 0.29) is 0 Å². The summed E-state index contributed by atoms with van der Waals surface area (Å²) in [5.41, 5.74) is 2.33. The summed E-state index contributed by atoms with van der Waals surface area (Å²) >= 11 is 5.91. The molecule has 1 aromatic carbocycles. The second-order valence-corrected chi connectivity index (χ2v) is 5.05. The topological polar surface area (TPSA) is 41.1 Å². The smallest absolute Gasteiger partial charge is 0.137 e. The molecule has 2 aromatic rings. The average molecular weight is 291 g/mol. The molecule has 1 heterocycles. The fourth-order valence-corrected chi connectivity index (χ4v) is 2.34. The molecule has 0 unspecified atom stereocenters. The zero-order valence-corrected chi connectivity index (χ0v) is 12.8. The molecule has 0 atom stereocenters. The number of nitrogens with zero attached hydrogens (tertiary/aromatic N) is 3. The van der Waals surface area contributed by atoms with Crippen molar-refractivity contribution in [2.45, 2.75) is 19.9 Å². The molecule has 0 aliphatic carbocycles. The van der Waals surface area contributed by atoms with Crippen molar-refractivity contribution >= 4 is 23.2 Å². The van der Waals surface area contributed by atoms with Gasteiger partial charge in [0.15, 0.2) is 0 Å². The van der Waals surface area contributed by atoms with Crippen molar-refractivity contribution in [3.8, 4) is 0 Å². The van der Waals surface area contributed by atoms with Crippen molar-refractivity contribution in [1.29, 1.82) is 0 Å². The van der Waals surface area contributed by atoms with Crippen LogP contribution in [0, 0.1) is 0 Å². The standard InChI is InChI=1S/C15H19ClN4/c1-4-13-14(17-2)18-10-19-15(13)20(3)9-11-5-7-12(16)8-6-11/h5-8,10H,4,9H2,1-3H3,(H,17,18,19). The first kappa shape index (κ1) is 14.6. The molecule has 106 valence electrons. The monoisotopic (exact) mass is 290 g/mol.